The third-order valence-corrected chi connectivity index (χ3v) is 3.91. The molecular formula is C14H16INO2. The molecule has 0 atom stereocenters. The van der Waals surface area contributed by atoms with Crippen LogP contribution in [-0.2, 0) is 4.74 Å². The van der Waals surface area contributed by atoms with Gasteiger partial charge in [-0.3, -0.25) is 2.78 Å². The van der Waals surface area contributed by atoms with Crippen molar-refractivity contribution in [1.82, 2.24) is 2.78 Å². The van der Waals surface area contributed by atoms with Crippen LogP contribution in [0, 0.1) is 0 Å². The molecule has 0 aliphatic heterocycles. The molecule has 0 amide bonds. The van der Waals surface area contributed by atoms with E-state index >= 15 is 0 Å². The third kappa shape index (κ3) is 2.25. The molecule has 18 heavy (non-hydrogen) atoms. The Morgan fingerprint density at radius 3 is 2.78 bits per heavy atom. The van der Waals surface area contributed by atoms with E-state index in [1.54, 1.807) is 0 Å². The molecule has 0 spiro atoms. The van der Waals surface area contributed by atoms with Gasteiger partial charge in [0, 0.05) is 5.39 Å². The Morgan fingerprint density at radius 1 is 1.44 bits per heavy atom. The zero-order chi connectivity index (χ0) is 13.3. The topological polar surface area (TPSA) is 31.2 Å². The molecule has 3 nitrogen and oxygen atoms in total. The van der Waals surface area contributed by atoms with Gasteiger partial charge < -0.3 is 4.74 Å². The first-order chi connectivity index (χ1) is 8.56. The number of carbonyl (C=O) groups excluding carboxylic acids is 1. The Labute approximate surface area is 121 Å². The first-order valence-corrected chi connectivity index (χ1v) is 7.00. The van der Waals surface area contributed by atoms with E-state index in [0.29, 0.717) is 18.2 Å². The molecule has 1 heterocycles. The number of ether oxygens (including phenoxy) is 1. The fraction of sp³-hybridized carbons (Fsp3) is 0.357. The summed E-state index contributed by atoms with van der Waals surface area (Å²) in [5.41, 5.74) is 2.95. The predicted molar refractivity (Wildman–Crippen MR) is 81.4 cm³/mol. The van der Waals surface area contributed by atoms with E-state index in [1.165, 1.54) is 5.56 Å². The lowest BCUT2D eigenvalue weighted by atomic mass is 10.0. The summed E-state index contributed by atoms with van der Waals surface area (Å²) >= 11 is 2.16. The average molecular weight is 357 g/mol. The van der Waals surface area contributed by atoms with Gasteiger partial charge in [-0.2, -0.15) is 0 Å². The van der Waals surface area contributed by atoms with E-state index in [9.17, 15) is 4.79 Å². The van der Waals surface area contributed by atoms with Crippen molar-refractivity contribution in [2.75, 3.05) is 6.61 Å². The molecule has 2 aromatic rings. The molecule has 0 bridgehead atoms. The molecule has 1 aromatic heterocycles. The molecule has 1 aromatic carbocycles. The maximum absolute atomic E-state index is 11.9. The lowest BCUT2D eigenvalue weighted by molar-refractivity contribution is 0.0520. The minimum absolute atomic E-state index is 0.266. The number of aromatic nitrogens is 1. The monoisotopic (exact) mass is 357 g/mol. The smallest absolute Gasteiger partial charge is 0.355 e. The minimum Gasteiger partial charge on any atom is -0.461 e. The fourth-order valence-corrected chi connectivity index (χ4v) is 2.95. The highest BCUT2D eigenvalue weighted by Gasteiger charge is 2.18. The van der Waals surface area contributed by atoms with Crippen molar-refractivity contribution in [1.29, 1.82) is 0 Å². The van der Waals surface area contributed by atoms with Crippen LogP contribution in [0.4, 0.5) is 0 Å². The van der Waals surface area contributed by atoms with Crippen molar-refractivity contribution < 1.29 is 9.53 Å². The van der Waals surface area contributed by atoms with Crippen molar-refractivity contribution in [2.45, 2.75) is 26.7 Å². The molecule has 96 valence electrons. The van der Waals surface area contributed by atoms with Gasteiger partial charge in [-0.15, -0.1) is 0 Å². The van der Waals surface area contributed by atoms with Gasteiger partial charge in [0.15, 0.2) is 0 Å². The Balaban J connectivity index is 2.63. The standard InChI is InChI=1S/C14H16INO2/c1-4-18-14(17)12-8-10-6-5-7-11(9(2)3)13(10)16(12)15/h5-9H,4H2,1-3H3. The van der Waals surface area contributed by atoms with Crippen LogP contribution in [0.5, 0.6) is 0 Å². The molecule has 0 N–H and O–H groups in total. The molecule has 0 aliphatic rings. The number of hydrogen-bond acceptors (Lipinski definition) is 2. The summed E-state index contributed by atoms with van der Waals surface area (Å²) in [6, 6.07) is 8.06. The lowest BCUT2D eigenvalue weighted by Crippen LogP contribution is -2.07. The number of nitrogens with zero attached hydrogens (tertiary/aromatic N) is 1. The van der Waals surface area contributed by atoms with Crippen LogP contribution in [0.2, 0.25) is 0 Å². The first-order valence-electron chi connectivity index (χ1n) is 6.04. The maximum Gasteiger partial charge on any atom is 0.355 e. The van der Waals surface area contributed by atoms with Crippen LogP contribution >= 0.6 is 22.9 Å². The number of fused-ring (bicyclic) bond motifs is 1. The van der Waals surface area contributed by atoms with Gasteiger partial charge in [-0.05, 0) is 24.5 Å². The quantitative estimate of drug-likeness (QED) is 0.611. The van der Waals surface area contributed by atoms with Gasteiger partial charge in [0.25, 0.3) is 0 Å². The van der Waals surface area contributed by atoms with Gasteiger partial charge in [-0.25, -0.2) is 4.79 Å². The van der Waals surface area contributed by atoms with Crippen LogP contribution in [0.25, 0.3) is 10.9 Å². The van der Waals surface area contributed by atoms with Crippen LogP contribution in [-0.4, -0.2) is 15.4 Å². The van der Waals surface area contributed by atoms with Gasteiger partial charge in [0.05, 0.1) is 35.0 Å². The largest absolute Gasteiger partial charge is 0.461 e. The summed E-state index contributed by atoms with van der Waals surface area (Å²) < 4.78 is 6.98. The van der Waals surface area contributed by atoms with Gasteiger partial charge in [0.2, 0.25) is 0 Å². The second-order valence-electron chi connectivity index (χ2n) is 4.47. The van der Waals surface area contributed by atoms with E-state index in [0.717, 1.165) is 10.9 Å². The van der Waals surface area contributed by atoms with E-state index in [-0.39, 0.29) is 5.97 Å². The Bertz CT molecular complexity index is 587. The van der Waals surface area contributed by atoms with Crippen LogP contribution < -0.4 is 0 Å². The zero-order valence-electron chi connectivity index (χ0n) is 10.7. The highest BCUT2D eigenvalue weighted by molar-refractivity contribution is 14.1. The van der Waals surface area contributed by atoms with E-state index in [2.05, 4.69) is 42.8 Å². The van der Waals surface area contributed by atoms with E-state index in [4.69, 9.17) is 4.74 Å². The number of para-hydroxylation sites is 1. The normalized spacial score (nSPS) is 11.2. The van der Waals surface area contributed by atoms with Crippen molar-refractivity contribution in [2.24, 2.45) is 0 Å². The summed E-state index contributed by atoms with van der Waals surface area (Å²) in [5.74, 6) is 0.157. The number of hydrogen-bond donors (Lipinski definition) is 0. The average Bonchev–Trinajstić information content (AvgIpc) is 2.67. The van der Waals surface area contributed by atoms with Crippen LogP contribution in [0.15, 0.2) is 24.3 Å². The maximum atomic E-state index is 11.9. The minimum atomic E-state index is -0.266. The van der Waals surface area contributed by atoms with Gasteiger partial charge in [-0.1, -0.05) is 32.0 Å². The summed E-state index contributed by atoms with van der Waals surface area (Å²) in [4.78, 5) is 11.9. The third-order valence-electron chi connectivity index (χ3n) is 2.91. The molecule has 2 rings (SSSR count). The SMILES string of the molecule is CCOC(=O)c1cc2cccc(C(C)C)c2n1I. The molecule has 4 heteroatoms. The Morgan fingerprint density at radius 2 is 2.17 bits per heavy atom. The molecule has 0 fully saturated rings. The number of benzene rings is 1. The lowest BCUT2D eigenvalue weighted by Gasteiger charge is -2.09. The number of halogens is 1. The molecule has 0 unspecified atom stereocenters. The van der Waals surface area contributed by atoms with Crippen molar-refractivity contribution in [3.8, 4) is 0 Å². The second-order valence-corrected chi connectivity index (χ2v) is 5.44. The highest BCUT2D eigenvalue weighted by Crippen LogP contribution is 2.30. The summed E-state index contributed by atoms with van der Waals surface area (Å²) in [6.45, 7) is 6.52. The number of carbonyl (C=O) groups is 1. The van der Waals surface area contributed by atoms with Crippen molar-refractivity contribution in [3.05, 3.63) is 35.5 Å². The number of rotatable bonds is 3. The zero-order valence-corrected chi connectivity index (χ0v) is 12.9. The van der Waals surface area contributed by atoms with Crippen LogP contribution in [0.1, 0.15) is 42.7 Å². The molecule has 0 saturated heterocycles. The van der Waals surface area contributed by atoms with Gasteiger partial charge in [0.1, 0.15) is 5.69 Å². The fourth-order valence-electron chi connectivity index (χ4n) is 2.06. The first kappa shape index (κ1) is 13.4. The number of esters is 1. The van der Waals surface area contributed by atoms with E-state index in [1.807, 2.05) is 27.9 Å². The van der Waals surface area contributed by atoms with Crippen LogP contribution in [0.3, 0.4) is 0 Å². The summed E-state index contributed by atoms with van der Waals surface area (Å²) in [7, 11) is 0. The predicted octanol–water partition coefficient (Wildman–Crippen LogP) is 4.14. The summed E-state index contributed by atoms with van der Waals surface area (Å²) in [6.07, 6.45) is 0. The second kappa shape index (κ2) is 5.30. The molecule has 0 aliphatic carbocycles. The molecule has 0 saturated carbocycles. The molecule has 0 radical (unpaired) electrons. The Kier molecular flexibility index (Phi) is 3.94. The summed E-state index contributed by atoms with van der Waals surface area (Å²) in [5, 5.41) is 1.08. The van der Waals surface area contributed by atoms with Crippen molar-refractivity contribution >= 4 is 39.7 Å². The van der Waals surface area contributed by atoms with Crippen molar-refractivity contribution in [3.63, 3.8) is 0 Å². The molecular weight excluding hydrogens is 341 g/mol. The highest BCUT2D eigenvalue weighted by atomic mass is 127. The van der Waals surface area contributed by atoms with Gasteiger partial charge >= 0.3 is 5.97 Å². The van der Waals surface area contributed by atoms with E-state index < -0.39 is 0 Å². The Hall–Kier alpha value is -1.04.